The van der Waals surface area contributed by atoms with Crippen LogP contribution in [0, 0.1) is 6.92 Å². The van der Waals surface area contributed by atoms with Crippen LogP contribution in [-0.4, -0.2) is 34.7 Å². The van der Waals surface area contributed by atoms with Crippen LogP contribution >= 0.6 is 0 Å². The Kier molecular flexibility index (Phi) is 3.21. The van der Waals surface area contributed by atoms with E-state index in [1.807, 2.05) is 0 Å². The summed E-state index contributed by atoms with van der Waals surface area (Å²) in [5, 5.41) is 14.9. The number of aromatic carboxylic acids is 1. The molecule has 0 radical (unpaired) electrons. The Balaban J connectivity index is 2.34. The zero-order valence-electron chi connectivity index (χ0n) is 9.78. The molecule has 0 bridgehead atoms. The number of aromatic amines is 1. The van der Waals surface area contributed by atoms with Gasteiger partial charge in [0.2, 0.25) is 0 Å². The smallest absolute Gasteiger partial charge is 0.354 e. The summed E-state index contributed by atoms with van der Waals surface area (Å²) in [6.45, 7) is 1.56. The fourth-order valence-electron chi connectivity index (χ4n) is 1.41. The average molecular weight is 282 g/mol. The average Bonchev–Trinajstić information content (AvgIpc) is 2.76. The maximum Gasteiger partial charge on any atom is 0.354 e. The minimum Gasteiger partial charge on any atom is -0.477 e. The zero-order chi connectivity index (χ0) is 14.0. The summed E-state index contributed by atoms with van der Waals surface area (Å²) in [5.41, 5.74) is 0.131. The molecule has 0 saturated carbocycles. The van der Waals surface area contributed by atoms with Crippen molar-refractivity contribution < 1.29 is 18.3 Å². The molecule has 0 aromatic carbocycles. The number of aromatic nitrogens is 3. The van der Waals surface area contributed by atoms with Gasteiger partial charge in [-0.25, -0.2) is 18.2 Å². The predicted molar refractivity (Wildman–Crippen MR) is 65.3 cm³/mol. The van der Waals surface area contributed by atoms with Gasteiger partial charge in [-0.2, -0.15) is 5.10 Å². The van der Waals surface area contributed by atoms with Crippen LogP contribution < -0.4 is 4.72 Å². The minimum atomic E-state index is -3.84. The number of hydrogen-bond donors (Lipinski definition) is 3. The normalized spacial score (nSPS) is 11.2. The molecule has 0 fully saturated rings. The Labute approximate surface area is 108 Å². The zero-order valence-corrected chi connectivity index (χ0v) is 10.6. The van der Waals surface area contributed by atoms with E-state index >= 15 is 0 Å². The molecule has 2 aromatic rings. The summed E-state index contributed by atoms with van der Waals surface area (Å²) < 4.78 is 26.2. The predicted octanol–water partition coefficient (Wildman–Crippen LogP) is 0.612. The van der Waals surface area contributed by atoms with Crippen LogP contribution in [0.5, 0.6) is 0 Å². The third kappa shape index (κ3) is 2.71. The van der Waals surface area contributed by atoms with Gasteiger partial charge in [-0.05, 0) is 19.1 Å². The van der Waals surface area contributed by atoms with Gasteiger partial charge in [0.25, 0.3) is 10.0 Å². The van der Waals surface area contributed by atoms with E-state index in [-0.39, 0.29) is 16.4 Å². The number of nitrogens with zero attached hydrogens (tertiary/aromatic N) is 2. The fraction of sp³-hybridized carbons (Fsp3) is 0.100. The van der Waals surface area contributed by atoms with Crippen molar-refractivity contribution >= 4 is 21.8 Å². The maximum absolute atomic E-state index is 12.0. The van der Waals surface area contributed by atoms with Crippen LogP contribution in [0.2, 0.25) is 0 Å². The Morgan fingerprint density at radius 2 is 2.16 bits per heavy atom. The SMILES string of the molecule is Cc1[nH]ncc1S(=O)(=O)Nc1cccc(C(=O)O)n1. The van der Waals surface area contributed by atoms with E-state index in [0.29, 0.717) is 5.69 Å². The Bertz CT molecular complexity index is 723. The second kappa shape index (κ2) is 4.69. The molecule has 0 amide bonds. The molecule has 2 heterocycles. The fourth-order valence-corrected chi connectivity index (χ4v) is 2.55. The second-order valence-corrected chi connectivity index (χ2v) is 5.33. The van der Waals surface area contributed by atoms with E-state index in [2.05, 4.69) is 19.9 Å². The van der Waals surface area contributed by atoms with E-state index in [9.17, 15) is 13.2 Å². The van der Waals surface area contributed by atoms with Crippen LogP contribution in [0.15, 0.2) is 29.3 Å². The molecule has 0 saturated heterocycles. The lowest BCUT2D eigenvalue weighted by Gasteiger charge is -2.06. The van der Waals surface area contributed by atoms with Crippen LogP contribution in [0.25, 0.3) is 0 Å². The number of aryl methyl sites for hydroxylation is 1. The number of carboxylic acids is 1. The number of carbonyl (C=O) groups is 1. The van der Waals surface area contributed by atoms with Crippen molar-refractivity contribution in [2.24, 2.45) is 0 Å². The highest BCUT2D eigenvalue weighted by atomic mass is 32.2. The number of nitrogens with one attached hydrogen (secondary N) is 2. The molecule has 0 unspecified atom stereocenters. The Hall–Kier alpha value is -2.42. The van der Waals surface area contributed by atoms with Crippen molar-refractivity contribution in [3.8, 4) is 0 Å². The molecule has 19 heavy (non-hydrogen) atoms. The first-order valence-electron chi connectivity index (χ1n) is 5.13. The number of rotatable bonds is 4. The first-order chi connectivity index (χ1) is 8.90. The molecular formula is C10H10N4O4S. The monoisotopic (exact) mass is 282 g/mol. The minimum absolute atomic E-state index is 0.0185. The topological polar surface area (TPSA) is 125 Å². The van der Waals surface area contributed by atoms with Crippen LogP contribution in [-0.2, 0) is 10.0 Å². The van der Waals surface area contributed by atoms with Gasteiger partial charge in [0.15, 0.2) is 5.69 Å². The number of sulfonamides is 1. The summed E-state index contributed by atoms with van der Waals surface area (Å²) in [6, 6.07) is 4.03. The van der Waals surface area contributed by atoms with Gasteiger partial charge in [0.1, 0.15) is 10.7 Å². The van der Waals surface area contributed by atoms with Gasteiger partial charge < -0.3 is 5.11 Å². The molecule has 9 heteroatoms. The lowest BCUT2D eigenvalue weighted by molar-refractivity contribution is 0.0690. The van der Waals surface area contributed by atoms with E-state index in [4.69, 9.17) is 5.11 Å². The van der Waals surface area contributed by atoms with Gasteiger partial charge in [0, 0.05) is 0 Å². The molecule has 0 aliphatic carbocycles. The molecule has 0 atom stereocenters. The van der Waals surface area contributed by atoms with Crippen LogP contribution in [0.1, 0.15) is 16.2 Å². The third-order valence-corrected chi connectivity index (χ3v) is 3.75. The summed E-state index contributed by atoms with van der Waals surface area (Å²) in [4.78, 5) is 14.4. The molecule has 2 aromatic heterocycles. The molecule has 3 N–H and O–H groups in total. The van der Waals surface area contributed by atoms with Gasteiger partial charge in [-0.15, -0.1) is 0 Å². The molecule has 8 nitrogen and oxygen atoms in total. The molecule has 2 rings (SSSR count). The summed E-state index contributed by atoms with van der Waals surface area (Å²) in [7, 11) is -3.84. The third-order valence-electron chi connectivity index (χ3n) is 2.28. The second-order valence-electron chi connectivity index (χ2n) is 3.68. The number of H-pyrrole nitrogens is 1. The summed E-state index contributed by atoms with van der Waals surface area (Å²) >= 11 is 0. The molecule has 0 aliphatic heterocycles. The largest absolute Gasteiger partial charge is 0.477 e. The maximum atomic E-state index is 12.0. The van der Waals surface area contributed by atoms with E-state index in [0.717, 1.165) is 0 Å². The first kappa shape index (κ1) is 13.0. The Morgan fingerprint density at radius 3 is 2.74 bits per heavy atom. The highest BCUT2D eigenvalue weighted by molar-refractivity contribution is 7.92. The van der Waals surface area contributed by atoms with Crippen LogP contribution in [0.3, 0.4) is 0 Å². The summed E-state index contributed by atoms with van der Waals surface area (Å²) in [5.74, 6) is -1.30. The van der Waals surface area contributed by atoms with E-state index < -0.39 is 16.0 Å². The van der Waals surface area contributed by atoms with Gasteiger partial charge in [-0.1, -0.05) is 6.07 Å². The van der Waals surface area contributed by atoms with Crippen molar-refractivity contribution in [3.63, 3.8) is 0 Å². The molecule has 0 aliphatic rings. The van der Waals surface area contributed by atoms with Crippen molar-refractivity contribution in [3.05, 3.63) is 35.8 Å². The lowest BCUT2D eigenvalue weighted by Crippen LogP contribution is -2.15. The van der Waals surface area contributed by atoms with Crippen molar-refractivity contribution in [1.29, 1.82) is 0 Å². The number of hydrogen-bond acceptors (Lipinski definition) is 5. The van der Waals surface area contributed by atoms with Gasteiger partial charge in [0.05, 0.1) is 11.9 Å². The number of anilines is 1. The van der Waals surface area contributed by atoms with Crippen molar-refractivity contribution in [1.82, 2.24) is 15.2 Å². The molecular weight excluding hydrogens is 272 g/mol. The first-order valence-corrected chi connectivity index (χ1v) is 6.61. The highest BCUT2D eigenvalue weighted by Gasteiger charge is 2.19. The van der Waals surface area contributed by atoms with Crippen molar-refractivity contribution in [2.75, 3.05) is 4.72 Å². The Morgan fingerprint density at radius 1 is 1.42 bits per heavy atom. The van der Waals surface area contributed by atoms with E-state index in [1.54, 1.807) is 6.92 Å². The number of carboxylic acid groups (broad SMARTS) is 1. The molecule has 0 spiro atoms. The highest BCUT2D eigenvalue weighted by Crippen LogP contribution is 2.16. The standard InChI is InChI=1S/C10H10N4O4S/c1-6-8(5-11-13-6)19(17,18)14-9-4-2-3-7(12-9)10(15)16/h2-5H,1H3,(H,11,13)(H,12,14)(H,15,16). The molecule has 100 valence electrons. The summed E-state index contributed by atoms with van der Waals surface area (Å²) in [6.07, 6.45) is 1.17. The quantitative estimate of drug-likeness (QED) is 0.754. The van der Waals surface area contributed by atoms with E-state index in [1.165, 1.54) is 24.4 Å². The van der Waals surface area contributed by atoms with Crippen molar-refractivity contribution in [2.45, 2.75) is 11.8 Å². The number of pyridine rings is 1. The van der Waals surface area contributed by atoms with Crippen LogP contribution in [0.4, 0.5) is 5.82 Å². The lowest BCUT2D eigenvalue weighted by atomic mass is 10.3. The van der Waals surface area contributed by atoms with Gasteiger partial charge >= 0.3 is 5.97 Å². The van der Waals surface area contributed by atoms with Gasteiger partial charge in [-0.3, -0.25) is 9.82 Å².